The molecule has 0 saturated heterocycles. The molecule has 0 radical (unpaired) electrons. The Morgan fingerprint density at radius 1 is 1.50 bits per heavy atom. The van der Waals surface area contributed by atoms with Crippen LogP contribution < -0.4 is 5.32 Å². The molecule has 0 heterocycles. The number of hydrogen-bond donors (Lipinski definition) is 1. The van der Waals surface area contributed by atoms with Crippen LogP contribution in [0.25, 0.3) is 0 Å². The van der Waals surface area contributed by atoms with E-state index in [4.69, 9.17) is 5.26 Å². The zero-order valence-corrected chi connectivity index (χ0v) is 9.29. The summed E-state index contributed by atoms with van der Waals surface area (Å²) in [7, 11) is 0. The van der Waals surface area contributed by atoms with E-state index in [1.54, 1.807) is 0 Å². The highest BCUT2D eigenvalue weighted by atomic mass is 15.2. The summed E-state index contributed by atoms with van der Waals surface area (Å²) < 4.78 is 0. The first-order valence-electron chi connectivity index (χ1n) is 5.68. The Morgan fingerprint density at radius 3 is 2.64 bits per heavy atom. The van der Waals surface area contributed by atoms with Crippen molar-refractivity contribution in [2.24, 2.45) is 0 Å². The van der Waals surface area contributed by atoms with E-state index in [1.165, 1.54) is 12.8 Å². The summed E-state index contributed by atoms with van der Waals surface area (Å²) in [6, 6.07) is 3.10. The standard InChI is InChI=1S/C11H21N3/c1-3-7-13-10(8-12)9-14(4-2)11-5-6-11/h10-11,13H,3-7,9H2,1-2H3. The second kappa shape index (κ2) is 6.00. The molecule has 14 heavy (non-hydrogen) atoms. The van der Waals surface area contributed by atoms with E-state index in [0.717, 1.165) is 32.1 Å². The van der Waals surface area contributed by atoms with Crippen molar-refractivity contribution in [3.8, 4) is 6.07 Å². The molecule has 80 valence electrons. The lowest BCUT2D eigenvalue weighted by Crippen LogP contribution is -2.41. The molecular formula is C11H21N3. The molecular weight excluding hydrogens is 174 g/mol. The van der Waals surface area contributed by atoms with Crippen molar-refractivity contribution in [1.29, 1.82) is 5.26 Å². The molecule has 1 fully saturated rings. The third-order valence-corrected chi connectivity index (χ3v) is 2.68. The summed E-state index contributed by atoms with van der Waals surface area (Å²) in [6.07, 6.45) is 3.73. The third-order valence-electron chi connectivity index (χ3n) is 2.68. The normalized spacial score (nSPS) is 18.1. The zero-order chi connectivity index (χ0) is 10.4. The van der Waals surface area contributed by atoms with Gasteiger partial charge in [-0.2, -0.15) is 5.26 Å². The van der Waals surface area contributed by atoms with Gasteiger partial charge >= 0.3 is 0 Å². The number of nitrogens with zero attached hydrogens (tertiary/aromatic N) is 2. The first-order valence-corrected chi connectivity index (χ1v) is 5.68. The van der Waals surface area contributed by atoms with Gasteiger partial charge in [0.1, 0.15) is 6.04 Å². The maximum Gasteiger partial charge on any atom is 0.108 e. The van der Waals surface area contributed by atoms with Gasteiger partial charge in [-0.25, -0.2) is 0 Å². The van der Waals surface area contributed by atoms with E-state index in [2.05, 4.69) is 30.1 Å². The minimum absolute atomic E-state index is 0.00972. The highest BCUT2D eigenvalue weighted by Crippen LogP contribution is 2.26. The van der Waals surface area contributed by atoms with Gasteiger partial charge in [-0.15, -0.1) is 0 Å². The van der Waals surface area contributed by atoms with Crippen LogP contribution in [0.2, 0.25) is 0 Å². The molecule has 1 atom stereocenters. The molecule has 0 aromatic carbocycles. The van der Waals surface area contributed by atoms with Gasteiger partial charge in [-0.3, -0.25) is 4.90 Å². The Balaban J connectivity index is 2.26. The number of likely N-dealkylation sites (N-methyl/N-ethyl adjacent to an activating group) is 1. The summed E-state index contributed by atoms with van der Waals surface area (Å²) in [6.45, 7) is 7.20. The largest absolute Gasteiger partial charge is 0.301 e. The minimum Gasteiger partial charge on any atom is -0.301 e. The van der Waals surface area contributed by atoms with Gasteiger partial charge in [0.2, 0.25) is 0 Å². The SMILES string of the molecule is CCCNC(C#N)CN(CC)C1CC1. The van der Waals surface area contributed by atoms with E-state index in [0.29, 0.717) is 0 Å². The van der Waals surface area contributed by atoms with E-state index in [-0.39, 0.29) is 6.04 Å². The molecule has 3 nitrogen and oxygen atoms in total. The van der Waals surface area contributed by atoms with Crippen LogP contribution in [0, 0.1) is 11.3 Å². The first kappa shape index (κ1) is 11.5. The Kier molecular flexibility index (Phi) is 4.92. The van der Waals surface area contributed by atoms with Crippen LogP contribution in [0.4, 0.5) is 0 Å². The maximum atomic E-state index is 8.96. The average molecular weight is 195 g/mol. The molecule has 1 saturated carbocycles. The van der Waals surface area contributed by atoms with Crippen LogP contribution in [-0.2, 0) is 0 Å². The predicted octanol–water partition coefficient (Wildman–Crippen LogP) is 1.36. The third kappa shape index (κ3) is 3.65. The Hall–Kier alpha value is -0.590. The van der Waals surface area contributed by atoms with Gasteiger partial charge in [0.05, 0.1) is 6.07 Å². The van der Waals surface area contributed by atoms with Gasteiger partial charge in [0, 0.05) is 12.6 Å². The Bertz CT molecular complexity index is 193. The minimum atomic E-state index is 0.00972. The van der Waals surface area contributed by atoms with E-state index in [9.17, 15) is 0 Å². The Morgan fingerprint density at radius 2 is 2.21 bits per heavy atom. The maximum absolute atomic E-state index is 8.96. The molecule has 1 rings (SSSR count). The molecule has 3 heteroatoms. The van der Waals surface area contributed by atoms with Crippen molar-refractivity contribution in [2.75, 3.05) is 19.6 Å². The molecule has 0 aliphatic heterocycles. The lowest BCUT2D eigenvalue weighted by atomic mass is 10.2. The van der Waals surface area contributed by atoms with Gasteiger partial charge < -0.3 is 5.32 Å². The lowest BCUT2D eigenvalue weighted by Gasteiger charge is -2.23. The van der Waals surface area contributed by atoms with Crippen molar-refractivity contribution in [3.63, 3.8) is 0 Å². The topological polar surface area (TPSA) is 39.1 Å². The molecule has 0 spiro atoms. The fraction of sp³-hybridized carbons (Fsp3) is 0.909. The van der Waals surface area contributed by atoms with Gasteiger partial charge in [-0.05, 0) is 32.4 Å². The molecule has 0 amide bonds. The molecule has 0 aromatic rings. The van der Waals surface area contributed by atoms with Crippen LogP contribution >= 0.6 is 0 Å². The summed E-state index contributed by atoms with van der Waals surface area (Å²) in [5.41, 5.74) is 0. The fourth-order valence-corrected chi connectivity index (χ4v) is 1.68. The van der Waals surface area contributed by atoms with Gasteiger partial charge in [0.15, 0.2) is 0 Å². The van der Waals surface area contributed by atoms with E-state index < -0.39 is 0 Å². The first-order chi connectivity index (χ1) is 6.81. The van der Waals surface area contributed by atoms with Crippen molar-refractivity contribution >= 4 is 0 Å². The van der Waals surface area contributed by atoms with Gasteiger partial charge in [0.25, 0.3) is 0 Å². The summed E-state index contributed by atoms with van der Waals surface area (Å²) in [5.74, 6) is 0. The molecule has 0 aromatic heterocycles. The molecule has 1 unspecified atom stereocenters. The number of nitriles is 1. The summed E-state index contributed by atoms with van der Waals surface area (Å²) in [5, 5.41) is 12.2. The van der Waals surface area contributed by atoms with Crippen LogP contribution in [0.3, 0.4) is 0 Å². The van der Waals surface area contributed by atoms with E-state index >= 15 is 0 Å². The van der Waals surface area contributed by atoms with Crippen molar-refractivity contribution in [2.45, 2.75) is 45.2 Å². The Labute approximate surface area is 87.1 Å². The zero-order valence-electron chi connectivity index (χ0n) is 9.29. The van der Waals surface area contributed by atoms with Crippen molar-refractivity contribution in [3.05, 3.63) is 0 Å². The number of hydrogen-bond acceptors (Lipinski definition) is 3. The molecule has 1 aliphatic rings. The van der Waals surface area contributed by atoms with Gasteiger partial charge in [-0.1, -0.05) is 13.8 Å². The molecule has 1 N–H and O–H groups in total. The van der Waals surface area contributed by atoms with Crippen LogP contribution in [0.1, 0.15) is 33.1 Å². The highest BCUT2D eigenvalue weighted by molar-refractivity contribution is 4.95. The predicted molar refractivity (Wildman–Crippen MR) is 58.0 cm³/mol. The monoisotopic (exact) mass is 195 g/mol. The van der Waals surface area contributed by atoms with Crippen LogP contribution in [0.15, 0.2) is 0 Å². The second-order valence-corrected chi connectivity index (χ2v) is 3.95. The number of nitrogens with one attached hydrogen (secondary N) is 1. The fourth-order valence-electron chi connectivity index (χ4n) is 1.68. The smallest absolute Gasteiger partial charge is 0.108 e. The quantitative estimate of drug-likeness (QED) is 0.666. The highest BCUT2D eigenvalue weighted by Gasteiger charge is 2.29. The second-order valence-electron chi connectivity index (χ2n) is 3.95. The van der Waals surface area contributed by atoms with Crippen LogP contribution in [-0.4, -0.2) is 36.6 Å². The summed E-state index contributed by atoms with van der Waals surface area (Å²) >= 11 is 0. The number of rotatable bonds is 7. The lowest BCUT2D eigenvalue weighted by molar-refractivity contribution is 0.260. The van der Waals surface area contributed by atoms with Crippen molar-refractivity contribution < 1.29 is 0 Å². The van der Waals surface area contributed by atoms with Crippen LogP contribution in [0.5, 0.6) is 0 Å². The molecule has 0 bridgehead atoms. The molecule has 1 aliphatic carbocycles. The summed E-state index contributed by atoms with van der Waals surface area (Å²) in [4.78, 5) is 2.41. The van der Waals surface area contributed by atoms with E-state index in [1.807, 2.05) is 0 Å². The van der Waals surface area contributed by atoms with Crippen molar-refractivity contribution in [1.82, 2.24) is 10.2 Å². The average Bonchev–Trinajstić information content (AvgIpc) is 3.02.